The number of piperidine rings is 1. The van der Waals surface area contributed by atoms with Crippen molar-refractivity contribution in [1.82, 2.24) is 15.5 Å². The summed E-state index contributed by atoms with van der Waals surface area (Å²) in [6.45, 7) is 14.2. The summed E-state index contributed by atoms with van der Waals surface area (Å²) in [5, 5.41) is 7.11. The van der Waals surface area contributed by atoms with Gasteiger partial charge in [-0.3, -0.25) is 4.90 Å². The SMILES string of the molecule is CC1CNCC(C)C1N1CCNC(C)C1C. The minimum atomic E-state index is 0.628. The van der Waals surface area contributed by atoms with E-state index in [1.54, 1.807) is 0 Å². The summed E-state index contributed by atoms with van der Waals surface area (Å²) in [5.74, 6) is 1.55. The van der Waals surface area contributed by atoms with Crippen molar-refractivity contribution in [2.75, 3.05) is 26.2 Å². The smallest absolute Gasteiger partial charge is 0.0222 e. The van der Waals surface area contributed by atoms with Crippen molar-refractivity contribution in [2.45, 2.75) is 45.8 Å². The van der Waals surface area contributed by atoms with E-state index in [2.05, 4.69) is 43.2 Å². The summed E-state index contributed by atoms with van der Waals surface area (Å²) in [4.78, 5) is 2.75. The molecular formula is C13H27N3. The Bertz CT molecular complexity index is 221. The van der Waals surface area contributed by atoms with Crippen LogP contribution in [0.2, 0.25) is 0 Å². The average Bonchev–Trinajstić information content (AvgIpc) is 2.24. The van der Waals surface area contributed by atoms with E-state index in [0.29, 0.717) is 12.1 Å². The normalized spacial score (nSPS) is 46.9. The van der Waals surface area contributed by atoms with Crippen molar-refractivity contribution in [3.63, 3.8) is 0 Å². The third kappa shape index (κ3) is 2.27. The number of hydrogen-bond acceptors (Lipinski definition) is 3. The maximum atomic E-state index is 3.57. The van der Waals surface area contributed by atoms with Crippen LogP contribution in [-0.4, -0.2) is 49.2 Å². The molecule has 2 rings (SSSR count). The third-order valence-corrected chi connectivity index (χ3v) is 4.56. The van der Waals surface area contributed by atoms with E-state index in [1.807, 2.05) is 0 Å². The van der Waals surface area contributed by atoms with Crippen LogP contribution in [0.3, 0.4) is 0 Å². The van der Waals surface area contributed by atoms with E-state index < -0.39 is 0 Å². The zero-order chi connectivity index (χ0) is 11.7. The first kappa shape index (κ1) is 12.3. The van der Waals surface area contributed by atoms with Crippen molar-refractivity contribution < 1.29 is 0 Å². The van der Waals surface area contributed by atoms with Crippen LogP contribution in [0.4, 0.5) is 0 Å². The highest BCUT2D eigenvalue weighted by atomic mass is 15.3. The first-order valence-corrected chi connectivity index (χ1v) is 6.81. The van der Waals surface area contributed by atoms with Crippen LogP contribution in [0.5, 0.6) is 0 Å². The fraction of sp³-hybridized carbons (Fsp3) is 1.00. The van der Waals surface area contributed by atoms with E-state index in [-0.39, 0.29) is 0 Å². The second kappa shape index (κ2) is 5.03. The first-order valence-electron chi connectivity index (χ1n) is 6.81. The molecule has 0 aromatic heterocycles. The van der Waals surface area contributed by atoms with Crippen LogP contribution in [0, 0.1) is 11.8 Å². The standard InChI is InChI=1S/C13H27N3/c1-9-7-14-8-10(2)13(9)16-6-5-15-11(3)12(16)4/h9-15H,5-8H2,1-4H3. The van der Waals surface area contributed by atoms with Gasteiger partial charge in [0.1, 0.15) is 0 Å². The molecule has 0 aliphatic carbocycles. The molecule has 0 spiro atoms. The van der Waals surface area contributed by atoms with E-state index >= 15 is 0 Å². The molecule has 3 nitrogen and oxygen atoms in total. The summed E-state index contributed by atoms with van der Waals surface area (Å²) >= 11 is 0. The molecule has 2 N–H and O–H groups in total. The predicted molar refractivity (Wildman–Crippen MR) is 68.6 cm³/mol. The van der Waals surface area contributed by atoms with E-state index in [9.17, 15) is 0 Å². The molecule has 4 atom stereocenters. The van der Waals surface area contributed by atoms with Crippen LogP contribution in [-0.2, 0) is 0 Å². The zero-order valence-corrected chi connectivity index (χ0v) is 11.2. The molecule has 2 fully saturated rings. The Balaban J connectivity index is 2.08. The van der Waals surface area contributed by atoms with Gasteiger partial charge < -0.3 is 10.6 Å². The van der Waals surface area contributed by atoms with E-state index in [4.69, 9.17) is 0 Å². The average molecular weight is 225 g/mol. The summed E-state index contributed by atoms with van der Waals surface area (Å²) in [6.07, 6.45) is 0. The highest BCUT2D eigenvalue weighted by Crippen LogP contribution is 2.26. The molecule has 4 unspecified atom stereocenters. The lowest BCUT2D eigenvalue weighted by Gasteiger charge is -2.49. The van der Waals surface area contributed by atoms with Crippen LogP contribution in [0.1, 0.15) is 27.7 Å². The van der Waals surface area contributed by atoms with Gasteiger partial charge in [-0.25, -0.2) is 0 Å². The molecule has 0 radical (unpaired) electrons. The molecule has 0 saturated carbocycles. The fourth-order valence-corrected chi connectivity index (χ4v) is 3.50. The lowest BCUT2D eigenvalue weighted by molar-refractivity contribution is 0.0188. The van der Waals surface area contributed by atoms with Crippen LogP contribution in [0.15, 0.2) is 0 Å². The zero-order valence-electron chi connectivity index (χ0n) is 11.2. The van der Waals surface area contributed by atoms with Crippen molar-refractivity contribution >= 4 is 0 Å². The van der Waals surface area contributed by atoms with Gasteiger partial charge in [-0.05, 0) is 38.8 Å². The Labute approximate surface area is 100.0 Å². The Morgan fingerprint density at radius 1 is 1.00 bits per heavy atom. The molecule has 2 saturated heterocycles. The van der Waals surface area contributed by atoms with Gasteiger partial charge in [-0.1, -0.05) is 13.8 Å². The highest BCUT2D eigenvalue weighted by molar-refractivity contribution is 4.94. The van der Waals surface area contributed by atoms with E-state index in [1.165, 1.54) is 19.6 Å². The van der Waals surface area contributed by atoms with Crippen molar-refractivity contribution in [3.8, 4) is 0 Å². The molecule has 0 amide bonds. The van der Waals surface area contributed by atoms with Gasteiger partial charge in [0.05, 0.1) is 0 Å². The van der Waals surface area contributed by atoms with Crippen molar-refractivity contribution in [2.24, 2.45) is 11.8 Å². The Hall–Kier alpha value is -0.120. The molecule has 94 valence electrons. The number of nitrogens with zero attached hydrogens (tertiary/aromatic N) is 1. The molecular weight excluding hydrogens is 198 g/mol. The van der Waals surface area contributed by atoms with Gasteiger partial charge in [-0.2, -0.15) is 0 Å². The highest BCUT2D eigenvalue weighted by Gasteiger charge is 2.37. The van der Waals surface area contributed by atoms with Gasteiger partial charge in [0.25, 0.3) is 0 Å². The maximum Gasteiger partial charge on any atom is 0.0222 e. The van der Waals surface area contributed by atoms with Gasteiger partial charge >= 0.3 is 0 Å². The summed E-state index contributed by atoms with van der Waals surface area (Å²) < 4.78 is 0. The number of nitrogens with one attached hydrogen (secondary N) is 2. The van der Waals surface area contributed by atoms with Crippen molar-refractivity contribution in [1.29, 1.82) is 0 Å². The monoisotopic (exact) mass is 225 g/mol. The summed E-state index contributed by atoms with van der Waals surface area (Å²) in [6, 6.07) is 2.06. The topological polar surface area (TPSA) is 27.3 Å². The second-order valence-electron chi connectivity index (χ2n) is 5.82. The molecule has 0 aromatic carbocycles. The van der Waals surface area contributed by atoms with Gasteiger partial charge in [0.15, 0.2) is 0 Å². The van der Waals surface area contributed by atoms with Crippen LogP contribution in [0.25, 0.3) is 0 Å². The summed E-state index contributed by atoms with van der Waals surface area (Å²) in [7, 11) is 0. The quantitative estimate of drug-likeness (QED) is 0.695. The lowest BCUT2D eigenvalue weighted by atomic mass is 9.84. The third-order valence-electron chi connectivity index (χ3n) is 4.56. The van der Waals surface area contributed by atoms with Gasteiger partial charge in [0, 0.05) is 31.2 Å². The summed E-state index contributed by atoms with van der Waals surface area (Å²) in [5.41, 5.74) is 0. The first-order chi connectivity index (χ1) is 7.61. The Morgan fingerprint density at radius 3 is 2.25 bits per heavy atom. The fourth-order valence-electron chi connectivity index (χ4n) is 3.50. The Morgan fingerprint density at radius 2 is 1.62 bits per heavy atom. The van der Waals surface area contributed by atoms with Crippen LogP contribution < -0.4 is 10.6 Å². The second-order valence-corrected chi connectivity index (χ2v) is 5.82. The molecule has 2 aliphatic rings. The lowest BCUT2D eigenvalue weighted by Crippen LogP contribution is -2.63. The molecule has 0 aromatic rings. The maximum absolute atomic E-state index is 3.57. The largest absolute Gasteiger partial charge is 0.316 e. The predicted octanol–water partition coefficient (Wildman–Crippen LogP) is 0.913. The van der Waals surface area contributed by atoms with Gasteiger partial charge in [0.2, 0.25) is 0 Å². The molecule has 2 heterocycles. The molecule has 16 heavy (non-hydrogen) atoms. The minimum Gasteiger partial charge on any atom is -0.316 e. The number of rotatable bonds is 1. The minimum absolute atomic E-state index is 0.628. The molecule has 0 bridgehead atoms. The molecule has 3 heteroatoms. The van der Waals surface area contributed by atoms with Gasteiger partial charge in [-0.15, -0.1) is 0 Å². The molecule has 2 aliphatic heterocycles. The number of hydrogen-bond donors (Lipinski definition) is 2. The number of piperazine rings is 1. The van der Waals surface area contributed by atoms with Crippen LogP contribution >= 0.6 is 0 Å². The van der Waals surface area contributed by atoms with E-state index in [0.717, 1.165) is 24.4 Å². The van der Waals surface area contributed by atoms with Crippen molar-refractivity contribution in [3.05, 3.63) is 0 Å². The Kier molecular flexibility index (Phi) is 3.88.